The predicted octanol–water partition coefficient (Wildman–Crippen LogP) is 2.32. The van der Waals surface area contributed by atoms with E-state index in [1.807, 2.05) is 24.7 Å². The maximum absolute atomic E-state index is 11.4. The van der Waals surface area contributed by atoms with Gasteiger partial charge in [0.05, 0.1) is 17.7 Å². The largest absolute Gasteiger partial charge is 0.465 e. The summed E-state index contributed by atoms with van der Waals surface area (Å²) in [7, 11) is 3.21. The molecule has 0 atom stereocenters. The minimum atomic E-state index is -0.470. The van der Waals surface area contributed by atoms with Crippen molar-refractivity contribution in [2.45, 2.75) is 6.92 Å². The number of carbonyl (C=O) groups excluding carboxylic acids is 1. The van der Waals surface area contributed by atoms with Crippen molar-refractivity contribution < 1.29 is 9.53 Å². The van der Waals surface area contributed by atoms with E-state index in [0.29, 0.717) is 10.6 Å². The fourth-order valence-electron chi connectivity index (χ4n) is 1.77. The topological polar surface area (TPSA) is 44.1 Å². The highest BCUT2D eigenvalue weighted by Crippen LogP contribution is 2.29. The minimum absolute atomic E-state index is 0.297. The van der Waals surface area contributed by atoms with Gasteiger partial charge in [-0.05, 0) is 12.5 Å². The molecule has 16 heavy (non-hydrogen) atoms. The first kappa shape index (κ1) is 11.0. The molecule has 0 spiro atoms. The van der Waals surface area contributed by atoms with Crippen molar-refractivity contribution in [1.82, 2.24) is 9.55 Å². The van der Waals surface area contributed by atoms with Gasteiger partial charge in [-0.15, -0.1) is 0 Å². The van der Waals surface area contributed by atoms with Crippen LogP contribution in [0, 0.1) is 6.92 Å². The van der Waals surface area contributed by atoms with Gasteiger partial charge in [0.2, 0.25) is 0 Å². The van der Waals surface area contributed by atoms with Crippen LogP contribution < -0.4 is 0 Å². The molecule has 2 aromatic rings. The quantitative estimate of drug-likeness (QED) is 0.717. The molecular weight excluding hydrogens is 228 g/mol. The number of methoxy groups -OCH3 is 1. The van der Waals surface area contributed by atoms with Gasteiger partial charge in [-0.3, -0.25) is 0 Å². The number of pyridine rings is 1. The number of halogens is 1. The number of nitrogens with zero attached hydrogens (tertiary/aromatic N) is 2. The summed E-state index contributed by atoms with van der Waals surface area (Å²) in [5, 5.41) is 1.20. The first-order chi connectivity index (χ1) is 7.56. The second-order valence-corrected chi connectivity index (χ2v) is 3.98. The number of carbonyl (C=O) groups is 1. The molecule has 84 valence electrons. The van der Waals surface area contributed by atoms with Gasteiger partial charge in [0.15, 0.2) is 0 Å². The number of hydrogen-bond acceptors (Lipinski definition) is 3. The van der Waals surface area contributed by atoms with Crippen molar-refractivity contribution >= 4 is 28.6 Å². The van der Waals surface area contributed by atoms with Gasteiger partial charge < -0.3 is 9.30 Å². The first-order valence-corrected chi connectivity index (χ1v) is 5.12. The number of esters is 1. The van der Waals surface area contributed by atoms with Crippen LogP contribution in [-0.2, 0) is 11.8 Å². The fourth-order valence-corrected chi connectivity index (χ4v) is 2.12. The molecule has 0 saturated heterocycles. The van der Waals surface area contributed by atoms with Gasteiger partial charge in [-0.25, -0.2) is 9.78 Å². The maximum Gasteiger partial charge on any atom is 0.340 e. The van der Waals surface area contributed by atoms with Gasteiger partial charge in [-0.1, -0.05) is 11.6 Å². The van der Waals surface area contributed by atoms with Crippen LogP contribution in [0.15, 0.2) is 12.4 Å². The summed E-state index contributed by atoms with van der Waals surface area (Å²) >= 11 is 6.18. The lowest BCUT2D eigenvalue weighted by Crippen LogP contribution is -2.03. The molecule has 0 fully saturated rings. The summed E-state index contributed by atoms with van der Waals surface area (Å²) in [5.41, 5.74) is 2.04. The molecule has 0 N–H and O–H groups in total. The minimum Gasteiger partial charge on any atom is -0.465 e. The van der Waals surface area contributed by atoms with Crippen LogP contribution in [0.25, 0.3) is 11.0 Å². The third-order valence-corrected chi connectivity index (χ3v) is 2.91. The van der Waals surface area contributed by atoms with Crippen LogP contribution in [0.4, 0.5) is 0 Å². The highest BCUT2D eigenvalue weighted by Gasteiger charge is 2.17. The summed E-state index contributed by atoms with van der Waals surface area (Å²) in [6, 6.07) is 0. The van der Waals surface area contributed by atoms with E-state index in [-0.39, 0.29) is 0 Å². The molecule has 5 heteroatoms. The van der Waals surface area contributed by atoms with Crippen molar-refractivity contribution in [2.24, 2.45) is 7.05 Å². The van der Waals surface area contributed by atoms with Gasteiger partial charge in [-0.2, -0.15) is 0 Å². The Hall–Kier alpha value is -1.55. The zero-order valence-electron chi connectivity index (χ0n) is 9.24. The van der Waals surface area contributed by atoms with Gasteiger partial charge in [0.25, 0.3) is 0 Å². The number of fused-ring (bicyclic) bond motifs is 1. The lowest BCUT2D eigenvalue weighted by atomic mass is 10.2. The average molecular weight is 239 g/mol. The molecule has 0 radical (unpaired) electrons. The molecule has 0 aliphatic carbocycles. The summed E-state index contributed by atoms with van der Waals surface area (Å²) in [6.45, 7) is 1.93. The molecule has 0 aromatic carbocycles. The number of rotatable bonds is 1. The molecular formula is C11H11ClN2O2. The second kappa shape index (κ2) is 3.79. The van der Waals surface area contributed by atoms with Crippen LogP contribution in [-0.4, -0.2) is 22.6 Å². The molecule has 2 rings (SSSR count). The Bertz CT molecular complexity index is 575. The molecule has 0 amide bonds. The van der Waals surface area contributed by atoms with Crippen molar-refractivity contribution in [3.63, 3.8) is 0 Å². The molecule has 0 saturated carbocycles. The number of aromatic nitrogens is 2. The lowest BCUT2D eigenvalue weighted by molar-refractivity contribution is 0.0600. The summed E-state index contributed by atoms with van der Waals surface area (Å²) in [4.78, 5) is 15.7. The SMILES string of the molecule is COC(=O)c1cnc2c(c(C)cn2C)c1Cl. The summed E-state index contributed by atoms with van der Waals surface area (Å²) in [6.07, 6.45) is 3.36. The third kappa shape index (κ3) is 1.46. The number of hydrogen-bond donors (Lipinski definition) is 0. The van der Waals surface area contributed by atoms with Crippen molar-refractivity contribution in [3.05, 3.63) is 28.5 Å². The standard InChI is InChI=1S/C11H11ClN2O2/c1-6-5-14(2)10-8(6)9(12)7(4-13-10)11(15)16-3/h4-5H,1-3H3. The van der Waals surface area contributed by atoms with E-state index in [2.05, 4.69) is 9.72 Å². The van der Waals surface area contributed by atoms with Crippen LogP contribution in [0.5, 0.6) is 0 Å². The molecule has 4 nitrogen and oxygen atoms in total. The number of ether oxygens (including phenoxy) is 1. The Kier molecular flexibility index (Phi) is 2.59. The zero-order valence-corrected chi connectivity index (χ0v) is 10.00. The van der Waals surface area contributed by atoms with Gasteiger partial charge in [0.1, 0.15) is 5.65 Å². The Morgan fingerprint density at radius 2 is 2.25 bits per heavy atom. The maximum atomic E-state index is 11.4. The Labute approximate surface area is 97.8 Å². The molecule has 0 aliphatic heterocycles. The van der Waals surface area contributed by atoms with E-state index in [9.17, 15) is 4.79 Å². The summed E-state index contributed by atoms with van der Waals surface area (Å²) < 4.78 is 6.52. The normalized spacial score (nSPS) is 10.8. The van der Waals surface area contributed by atoms with Crippen LogP contribution >= 0.6 is 11.6 Å². The highest BCUT2D eigenvalue weighted by atomic mass is 35.5. The third-order valence-electron chi connectivity index (χ3n) is 2.52. The fraction of sp³-hybridized carbons (Fsp3) is 0.273. The van der Waals surface area contributed by atoms with E-state index in [4.69, 9.17) is 11.6 Å². The molecule has 0 bridgehead atoms. The van der Waals surface area contributed by atoms with Crippen LogP contribution in [0.2, 0.25) is 5.02 Å². The number of aryl methyl sites for hydroxylation is 2. The van der Waals surface area contributed by atoms with Gasteiger partial charge in [0, 0.05) is 24.8 Å². The smallest absolute Gasteiger partial charge is 0.340 e. The monoisotopic (exact) mass is 238 g/mol. The van der Waals surface area contributed by atoms with Crippen LogP contribution in [0.1, 0.15) is 15.9 Å². The molecule has 0 unspecified atom stereocenters. The molecule has 2 aromatic heterocycles. The first-order valence-electron chi connectivity index (χ1n) is 4.74. The van der Waals surface area contributed by atoms with Crippen molar-refractivity contribution in [1.29, 1.82) is 0 Å². The van der Waals surface area contributed by atoms with E-state index in [1.165, 1.54) is 13.3 Å². The van der Waals surface area contributed by atoms with Crippen LogP contribution in [0.3, 0.4) is 0 Å². The Balaban J connectivity index is 2.79. The highest BCUT2D eigenvalue weighted by molar-refractivity contribution is 6.38. The van der Waals surface area contributed by atoms with E-state index < -0.39 is 5.97 Å². The molecule has 2 heterocycles. The summed E-state index contributed by atoms with van der Waals surface area (Å²) in [5.74, 6) is -0.470. The average Bonchev–Trinajstić information content (AvgIpc) is 2.54. The van der Waals surface area contributed by atoms with Crippen molar-refractivity contribution in [2.75, 3.05) is 7.11 Å². The van der Waals surface area contributed by atoms with E-state index in [1.54, 1.807) is 0 Å². The second-order valence-electron chi connectivity index (χ2n) is 3.60. The Morgan fingerprint density at radius 3 is 2.88 bits per heavy atom. The van der Waals surface area contributed by atoms with Gasteiger partial charge >= 0.3 is 5.97 Å². The Morgan fingerprint density at radius 1 is 1.56 bits per heavy atom. The van der Waals surface area contributed by atoms with E-state index >= 15 is 0 Å². The van der Waals surface area contributed by atoms with Crippen molar-refractivity contribution in [3.8, 4) is 0 Å². The van der Waals surface area contributed by atoms with E-state index in [0.717, 1.165) is 16.6 Å². The predicted molar refractivity (Wildman–Crippen MR) is 61.8 cm³/mol. The zero-order chi connectivity index (χ0) is 11.9. The molecule has 0 aliphatic rings. The lowest BCUT2D eigenvalue weighted by Gasteiger charge is -2.03.